The van der Waals surface area contributed by atoms with E-state index in [1.54, 1.807) is 0 Å². The molecule has 0 bridgehead atoms. The van der Waals surface area contributed by atoms with E-state index in [2.05, 4.69) is 13.2 Å². The molecule has 0 unspecified atom stereocenters. The molecule has 0 fully saturated rings. The highest BCUT2D eigenvalue weighted by Gasteiger charge is 1.78. The smallest absolute Gasteiger partial charge is 0.210 e. The van der Waals surface area contributed by atoms with E-state index in [-0.39, 0.29) is 12.4 Å². The number of halogens is 8. The van der Waals surface area contributed by atoms with Crippen LogP contribution in [0.15, 0.2) is 37.7 Å². The predicted molar refractivity (Wildman–Crippen MR) is 41.4 cm³/mol. The van der Waals surface area contributed by atoms with Crippen LogP contribution in [0.4, 0.5) is 30.7 Å². The van der Waals surface area contributed by atoms with Crippen molar-refractivity contribution in [2.75, 3.05) is 0 Å². The van der Waals surface area contributed by atoms with Crippen LogP contribution < -0.4 is 0 Å². The minimum Gasteiger partial charge on any atom is -0.210 e. The zero-order chi connectivity index (χ0) is 11.4. The molecule has 0 saturated heterocycles. The van der Waals surface area contributed by atoms with Crippen molar-refractivity contribution in [2.24, 2.45) is 0 Å². The van der Waals surface area contributed by atoms with Crippen LogP contribution in [0.2, 0.25) is 0 Å². The van der Waals surface area contributed by atoms with Crippen molar-refractivity contribution in [3.63, 3.8) is 0 Å². The van der Waals surface area contributed by atoms with Crippen LogP contribution in [0.3, 0.4) is 0 Å². The molecule has 0 aromatic rings. The topological polar surface area (TPSA) is 0 Å². The third-order valence-corrected chi connectivity index (χ3v) is 0.0825. The van der Waals surface area contributed by atoms with Gasteiger partial charge in [-0.05, 0) is 13.2 Å². The second kappa shape index (κ2) is 17.9. The van der Waals surface area contributed by atoms with Gasteiger partial charge in [-0.15, -0.1) is 12.4 Å². The molecule has 14 heavy (non-hydrogen) atoms. The molecule has 0 atom stereocenters. The van der Waals surface area contributed by atoms with Crippen LogP contribution in [0.1, 0.15) is 0 Å². The minimum atomic E-state index is -2.29. The fourth-order valence-electron chi connectivity index (χ4n) is 0. The monoisotopic (exact) mass is 246 g/mol. The van der Waals surface area contributed by atoms with Crippen LogP contribution >= 0.6 is 12.4 Å². The van der Waals surface area contributed by atoms with E-state index in [4.69, 9.17) is 0 Å². The van der Waals surface area contributed by atoms with E-state index in [0.29, 0.717) is 0 Å². The normalized spacial score (nSPS) is 6.21. The third-order valence-electron chi connectivity index (χ3n) is 0.0825. The summed E-state index contributed by atoms with van der Waals surface area (Å²) in [6, 6.07) is 0. The Balaban J connectivity index is -0.0000000522. The summed E-state index contributed by atoms with van der Waals surface area (Å²) in [6.07, 6.45) is -6.70. The number of hydrogen-bond acceptors (Lipinski definition) is 0. The van der Waals surface area contributed by atoms with Crippen LogP contribution in [-0.4, -0.2) is 0 Å². The zero-order valence-corrected chi connectivity index (χ0v) is 7.36. The van der Waals surface area contributed by atoms with Crippen molar-refractivity contribution in [2.45, 2.75) is 0 Å². The SMILES string of the molecule is C=C(F)F.C=C(F)F.Cl.FC=C(F)F. The van der Waals surface area contributed by atoms with Gasteiger partial charge in [-0.3, -0.25) is 0 Å². The average molecular weight is 247 g/mol. The van der Waals surface area contributed by atoms with Gasteiger partial charge < -0.3 is 0 Å². The number of rotatable bonds is 0. The van der Waals surface area contributed by atoms with Gasteiger partial charge in [0.05, 0.1) is 0 Å². The molecule has 0 radical (unpaired) electrons. The molecular weight excluding hydrogens is 241 g/mol. The Kier molecular flexibility index (Phi) is 29.6. The highest BCUT2D eigenvalue weighted by molar-refractivity contribution is 5.85. The Hall–Kier alpha value is -0.980. The summed E-state index contributed by atoms with van der Waals surface area (Å²) in [5, 5.41) is 0. The minimum absolute atomic E-state index is 0. The first kappa shape index (κ1) is 23.1. The molecule has 0 nitrogen and oxygen atoms in total. The van der Waals surface area contributed by atoms with Crippen LogP contribution in [0.25, 0.3) is 0 Å². The highest BCUT2D eigenvalue weighted by Crippen LogP contribution is 1.93. The Morgan fingerprint density at radius 2 is 0.857 bits per heavy atom. The first-order valence-electron chi connectivity index (χ1n) is 2.35. The molecule has 86 valence electrons. The second-order valence-corrected chi connectivity index (χ2v) is 1.08. The van der Waals surface area contributed by atoms with Gasteiger partial charge in [0, 0.05) is 0 Å². The Labute approximate surface area is 81.8 Å². The Bertz CT molecular complexity index is 153. The van der Waals surface area contributed by atoms with Gasteiger partial charge in [-0.1, -0.05) is 0 Å². The summed E-state index contributed by atoms with van der Waals surface area (Å²) in [5.74, 6) is 0. The van der Waals surface area contributed by atoms with Gasteiger partial charge in [0.25, 0.3) is 18.2 Å². The fraction of sp³-hybridized carbons (Fsp3) is 0. The standard InChI is InChI=1S/C2HF3.2C2H2F2.ClH/c3-1-2(4)5;2*1-2(3)4;/h1H;2*1H2;1H. The first-order valence-corrected chi connectivity index (χ1v) is 2.35. The van der Waals surface area contributed by atoms with Gasteiger partial charge in [-0.25, -0.2) is 4.39 Å². The Morgan fingerprint density at radius 1 is 0.786 bits per heavy atom. The van der Waals surface area contributed by atoms with Crippen molar-refractivity contribution in [1.29, 1.82) is 0 Å². The average Bonchev–Trinajstić information content (AvgIpc) is 1.84. The van der Waals surface area contributed by atoms with Gasteiger partial charge in [0.1, 0.15) is 0 Å². The van der Waals surface area contributed by atoms with Crippen LogP contribution in [0.5, 0.6) is 0 Å². The maximum atomic E-state index is 10.2. The van der Waals surface area contributed by atoms with Gasteiger partial charge >= 0.3 is 0 Å². The molecule has 0 aromatic heterocycles. The van der Waals surface area contributed by atoms with Crippen molar-refractivity contribution in [3.05, 3.63) is 37.7 Å². The lowest BCUT2D eigenvalue weighted by Crippen LogP contribution is -1.42. The lowest BCUT2D eigenvalue weighted by molar-refractivity contribution is 0.400. The molecular formula is C6H6ClF7. The zero-order valence-electron chi connectivity index (χ0n) is 6.55. The third kappa shape index (κ3) is 1060. The largest absolute Gasteiger partial charge is 0.298 e. The summed E-state index contributed by atoms with van der Waals surface area (Å²) >= 11 is 0. The Morgan fingerprint density at radius 3 is 0.857 bits per heavy atom. The van der Waals surface area contributed by atoms with Gasteiger partial charge in [-0.2, -0.15) is 26.3 Å². The molecule has 8 heteroatoms. The van der Waals surface area contributed by atoms with Crippen molar-refractivity contribution in [3.8, 4) is 0 Å². The van der Waals surface area contributed by atoms with Gasteiger partial charge in [0.2, 0.25) is 0 Å². The summed E-state index contributed by atoms with van der Waals surface area (Å²) in [7, 11) is 0. The summed E-state index contributed by atoms with van der Waals surface area (Å²) in [5.41, 5.74) is 0. The van der Waals surface area contributed by atoms with Crippen molar-refractivity contribution >= 4 is 12.4 Å². The lowest BCUT2D eigenvalue weighted by atomic mass is 11.1. The molecule has 0 N–H and O–H groups in total. The maximum absolute atomic E-state index is 10.2. The molecule has 0 aromatic carbocycles. The molecule has 0 aliphatic carbocycles. The molecule has 0 aliphatic heterocycles. The molecule has 0 aliphatic rings. The van der Waals surface area contributed by atoms with E-state index in [0.717, 1.165) is 0 Å². The van der Waals surface area contributed by atoms with Crippen LogP contribution in [0, 0.1) is 0 Å². The highest BCUT2D eigenvalue weighted by atomic mass is 35.5. The van der Waals surface area contributed by atoms with Crippen LogP contribution in [-0.2, 0) is 0 Å². The maximum Gasteiger partial charge on any atom is 0.298 e. The van der Waals surface area contributed by atoms with Crippen molar-refractivity contribution < 1.29 is 30.7 Å². The second-order valence-electron chi connectivity index (χ2n) is 1.08. The van der Waals surface area contributed by atoms with E-state index in [1.165, 1.54) is 0 Å². The molecule has 0 spiro atoms. The molecule has 0 rings (SSSR count). The molecule has 0 saturated carbocycles. The lowest BCUT2D eigenvalue weighted by Gasteiger charge is -1.59. The quantitative estimate of drug-likeness (QED) is 0.533. The van der Waals surface area contributed by atoms with E-state index >= 15 is 0 Å². The van der Waals surface area contributed by atoms with E-state index in [1.807, 2.05) is 0 Å². The van der Waals surface area contributed by atoms with E-state index in [9.17, 15) is 30.7 Å². The fourth-order valence-corrected chi connectivity index (χ4v) is 0. The number of hydrogen-bond donors (Lipinski definition) is 0. The molecule has 0 amide bonds. The van der Waals surface area contributed by atoms with Crippen molar-refractivity contribution in [1.82, 2.24) is 0 Å². The predicted octanol–water partition coefficient (Wildman–Crippen LogP) is 4.91. The summed E-state index contributed by atoms with van der Waals surface area (Å²) < 4.78 is 71.3. The van der Waals surface area contributed by atoms with Gasteiger partial charge in [0.15, 0.2) is 6.33 Å². The summed E-state index contributed by atoms with van der Waals surface area (Å²) in [4.78, 5) is 0. The van der Waals surface area contributed by atoms with E-state index < -0.39 is 24.6 Å². The summed E-state index contributed by atoms with van der Waals surface area (Å²) in [6.45, 7) is 4.44. The molecule has 0 heterocycles. The first-order chi connectivity index (χ1) is 5.73.